The van der Waals surface area contributed by atoms with Gasteiger partial charge in [-0.05, 0) is 49.1 Å². The lowest BCUT2D eigenvalue weighted by atomic mass is 9.85. The van der Waals surface area contributed by atoms with E-state index >= 15 is 0 Å². The Labute approximate surface area is 192 Å². The molecule has 1 aliphatic rings. The summed E-state index contributed by atoms with van der Waals surface area (Å²) in [5, 5.41) is 3.08. The quantitative estimate of drug-likeness (QED) is 0.613. The first kappa shape index (κ1) is 23.8. The smallest absolute Gasteiger partial charge is 0.228 e. The molecule has 1 aliphatic carbocycles. The Kier molecular flexibility index (Phi) is 7.27. The molecule has 0 bridgehead atoms. The molecule has 1 fully saturated rings. The van der Waals surface area contributed by atoms with Crippen molar-refractivity contribution in [3.05, 3.63) is 59.7 Å². The fourth-order valence-corrected chi connectivity index (χ4v) is 4.05. The van der Waals surface area contributed by atoms with Crippen molar-refractivity contribution in [2.75, 3.05) is 24.3 Å². The number of amides is 2. The number of carbonyl (C=O) groups is 2. The van der Waals surface area contributed by atoms with Crippen LogP contribution in [0.5, 0.6) is 0 Å². The number of nitrogens with one attached hydrogen (secondary N) is 1. The maximum absolute atomic E-state index is 13.5. The highest BCUT2D eigenvalue weighted by atomic mass is 16.2. The third-order valence-electron chi connectivity index (χ3n) is 6.30. The Morgan fingerprint density at radius 2 is 1.72 bits per heavy atom. The maximum atomic E-state index is 13.5. The summed E-state index contributed by atoms with van der Waals surface area (Å²) in [4.78, 5) is 30.0. The van der Waals surface area contributed by atoms with Crippen molar-refractivity contribution in [1.82, 2.24) is 4.90 Å². The maximum Gasteiger partial charge on any atom is 0.228 e. The van der Waals surface area contributed by atoms with Crippen molar-refractivity contribution in [2.24, 2.45) is 11.3 Å². The van der Waals surface area contributed by atoms with Crippen LogP contribution >= 0.6 is 0 Å². The van der Waals surface area contributed by atoms with Gasteiger partial charge in [0, 0.05) is 43.3 Å². The summed E-state index contributed by atoms with van der Waals surface area (Å²) in [6.45, 7) is 8.43. The highest BCUT2D eigenvalue weighted by Gasteiger charge is 2.32. The van der Waals surface area contributed by atoms with Crippen LogP contribution in [-0.2, 0) is 16.1 Å². The number of hydrogen-bond donors (Lipinski definition) is 1. The van der Waals surface area contributed by atoms with E-state index in [4.69, 9.17) is 0 Å². The van der Waals surface area contributed by atoms with E-state index < -0.39 is 5.41 Å². The van der Waals surface area contributed by atoms with Crippen molar-refractivity contribution in [2.45, 2.75) is 59.5 Å². The molecule has 3 rings (SSSR count). The lowest BCUT2D eigenvalue weighted by Gasteiger charge is -2.36. The predicted octanol–water partition coefficient (Wildman–Crippen LogP) is 5.63. The minimum Gasteiger partial charge on any atom is -0.377 e. The first-order valence-electron chi connectivity index (χ1n) is 11.5. The molecule has 0 heterocycles. The standard InChI is InChI=1S/C27H37N3O2/c1-19(20-11-8-7-9-12-20)30(26(32)27(2,3)4)18-22-17-23(15-16-24(22)29(5)6)28-25(31)21-13-10-14-21/h7-9,11-12,15-17,19,21H,10,13-14,18H2,1-6H3,(H,28,31)/t19-/m1/s1. The largest absolute Gasteiger partial charge is 0.377 e. The third kappa shape index (κ3) is 5.50. The molecule has 2 aromatic rings. The van der Waals surface area contributed by atoms with Crippen molar-refractivity contribution in [1.29, 1.82) is 0 Å². The normalized spacial score (nSPS) is 14.9. The van der Waals surface area contributed by atoms with Gasteiger partial charge < -0.3 is 15.1 Å². The van der Waals surface area contributed by atoms with E-state index in [-0.39, 0.29) is 23.8 Å². The zero-order valence-electron chi connectivity index (χ0n) is 20.3. The fourth-order valence-electron chi connectivity index (χ4n) is 4.05. The molecule has 0 saturated heterocycles. The Morgan fingerprint density at radius 1 is 1.06 bits per heavy atom. The molecular formula is C27H37N3O2. The summed E-state index contributed by atoms with van der Waals surface area (Å²) >= 11 is 0. The van der Waals surface area contributed by atoms with Gasteiger partial charge in [-0.1, -0.05) is 57.5 Å². The number of nitrogens with zero attached hydrogens (tertiary/aromatic N) is 2. The molecule has 0 aromatic heterocycles. The van der Waals surface area contributed by atoms with Crippen LogP contribution in [0, 0.1) is 11.3 Å². The van der Waals surface area contributed by atoms with Crippen LogP contribution in [0.25, 0.3) is 0 Å². The minimum absolute atomic E-state index is 0.0776. The molecule has 5 nitrogen and oxygen atoms in total. The van der Waals surface area contributed by atoms with Crippen molar-refractivity contribution < 1.29 is 9.59 Å². The second-order valence-corrected chi connectivity index (χ2v) is 10.1. The van der Waals surface area contributed by atoms with E-state index in [2.05, 4.69) is 29.3 Å². The molecule has 2 amide bonds. The van der Waals surface area contributed by atoms with Gasteiger partial charge in [-0.25, -0.2) is 0 Å². The van der Waals surface area contributed by atoms with Gasteiger partial charge in [0.25, 0.3) is 0 Å². The first-order chi connectivity index (χ1) is 15.1. The highest BCUT2D eigenvalue weighted by molar-refractivity contribution is 5.93. The van der Waals surface area contributed by atoms with Crippen LogP contribution in [0.2, 0.25) is 0 Å². The summed E-state index contributed by atoms with van der Waals surface area (Å²) in [5.74, 6) is 0.326. The number of benzene rings is 2. The monoisotopic (exact) mass is 435 g/mol. The fraction of sp³-hybridized carbons (Fsp3) is 0.481. The van der Waals surface area contributed by atoms with E-state index in [1.165, 1.54) is 0 Å². The molecule has 1 atom stereocenters. The number of anilines is 2. The summed E-state index contributed by atoms with van der Waals surface area (Å²) in [5.41, 5.74) is 3.45. The Bertz CT molecular complexity index is 943. The molecule has 1 saturated carbocycles. The summed E-state index contributed by atoms with van der Waals surface area (Å²) in [6, 6.07) is 16.1. The topological polar surface area (TPSA) is 52.7 Å². The molecule has 5 heteroatoms. The Morgan fingerprint density at radius 3 is 2.25 bits per heavy atom. The van der Waals surface area contributed by atoms with Crippen LogP contribution in [0.15, 0.2) is 48.5 Å². The zero-order valence-corrected chi connectivity index (χ0v) is 20.3. The zero-order chi connectivity index (χ0) is 23.5. The molecule has 172 valence electrons. The number of rotatable bonds is 7. The van der Waals surface area contributed by atoms with Crippen LogP contribution in [0.3, 0.4) is 0 Å². The van der Waals surface area contributed by atoms with Crippen LogP contribution in [0.1, 0.15) is 64.1 Å². The molecule has 0 unspecified atom stereocenters. The molecule has 2 aromatic carbocycles. The van der Waals surface area contributed by atoms with Gasteiger partial charge in [-0.15, -0.1) is 0 Å². The van der Waals surface area contributed by atoms with Gasteiger partial charge in [0.1, 0.15) is 0 Å². The number of hydrogen-bond acceptors (Lipinski definition) is 3. The Balaban J connectivity index is 1.94. The second-order valence-electron chi connectivity index (χ2n) is 10.1. The van der Waals surface area contributed by atoms with Crippen LogP contribution in [-0.4, -0.2) is 30.8 Å². The van der Waals surface area contributed by atoms with Gasteiger partial charge in [-0.3, -0.25) is 9.59 Å². The van der Waals surface area contributed by atoms with E-state index in [0.29, 0.717) is 6.54 Å². The lowest BCUT2D eigenvalue weighted by Crippen LogP contribution is -2.40. The molecule has 0 spiro atoms. The predicted molar refractivity (Wildman–Crippen MR) is 132 cm³/mol. The van der Waals surface area contributed by atoms with Crippen LogP contribution in [0.4, 0.5) is 11.4 Å². The van der Waals surface area contributed by atoms with Gasteiger partial charge in [-0.2, -0.15) is 0 Å². The van der Waals surface area contributed by atoms with Crippen molar-refractivity contribution >= 4 is 23.2 Å². The minimum atomic E-state index is -0.503. The Hall–Kier alpha value is -2.82. The van der Waals surface area contributed by atoms with Crippen LogP contribution < -0.4 is 10.2 Å². The number of carbonyl (C=O) groups excluding carboxylic acids is 2. The highest BCUT2D eigenvalue weighted by Crippen LogP contribution is 2.33. The van der Waals surface area contributed by atoms with Gasteiger partial charge in [0.2, 0.25) is 11.8 Å². The molecule has 0 radical (unpaired) electrons. The van der Waals surface area contributed by atoms with Gasteiger partial charge >= 0.3 is 0 Å². The third-order valence-corrected chi connectivity index (χ3v) is 6.30. The summed E-state index contributed by atoms with van der Waals surface area (Å²) in [6.07, 6.45) is 3.07. The SMILES string of the molecule is C[C@H](c1ccccc1)N(Cc1cc(NC(=O)C2CCC2)ccc1N(C)C)C(=O)C(C)(C)C. The van der Waals surface area contributed by atoms with E-state index in [1.807, 2.05) is 76.2 Å². The van der Waals surface area contributed by atoms with E-state index in [0.717, 1.165) is 41.8 Å². The van der Waals surface area contributed by atoms with Crippen molar-refractivity contribution in [3.63, 3.8) is 0 Å². The summed E-state index contributed by atoms with van der Waals surface area (Å²) < 4.78 is 0. The average Bonchev–Trinajstić information content (AvgIpc) is 2.69. The lowest BCUT2D eigenvalue weighted by molar-refractivity contribution is -0.142. The van der Waals surface area contributed by atoms with E-state index in [9.17, 15) is 9.59 Å². The molecule has 0 aliphatic heterocycles. The van der Waals surface area contributed by atoms with Gasteiger partial charge in [0.05, 0.1) is 6.04 Å². The molecule has 1 N–H and O–H groups in total. The van der Waals surface area contributed by atoms with Gasteiger partial charge in [0.15, 0.2) is 0 Å². The van der Waals surface area contributed by atoms with E-state index in [1.54, 1.807) is 0 Å². The molecular weight excluding hydrogens is 398 g/mol. The second kappa shape index (κ2) is 9.76. The molecule has 32 heavy (non-hydrogen) atoms. The summed E-state index contributed by atoms with van der Waals surface area (Å²) in [7, 11) is 4.00. The van der Waals surface area contributed by atoms with Crippen molar-refractivity contribution in [3.8, 4) is 0 Å². The first-order valence-corrected chi connectivity index (χ1v) is 11.5. The average molecular weight is 436 g/mol.